The molecule has 1 aliphatic heterocycles. The number of anilines is 1. The fourth-order valence-corrected chi connectivity index (χ4v) is 5.05. The number of hydrogen-bond donors (Lipinski definition) is 2. The van der Waals surface area contributed by atoms with Crippen molar-refractivity contribution >= 4 is 23.4 Å². The number of nitrogens with zero attached hydrogens (tertiary/aromatic N) is 3. The minimum absolute atomic E-state index is 0.00780. The van der Waals surface area contributed by atoms with Crippen molar-refractivity contribution in [1.82, 2.24) is 14.7 Å². The van der Waals surface area contributed by atoms with Crippen LogP contribution in [0.5, 0.6) is 5.75 Å². The first-order valence-corrected chi connectivity index (χ1v) is 15.7. The third-order valence-corrected chi connectivity index (χ3v) is 7.85. The van der Waals surface area contributed by atoms with Crippen LogP contribution in [-0.2, 0) is 14.3 Å². The number of likely N-dealkylation sites (N-methyl/N-ethyl adjacent to an activating group) is 1. The molecule has 0 spiro atoms. The second kappa shape index (κ2) is 18.3. The Labute approximate surface area is 265 Å². The highest BCUT2D eigenvalue weighted by atomic mass is 19.4. The van der Waals surface area contributed by atoms with Gasteiger partial charge in [0.2, 0.25) is 11.8 Å². The zero-order valence-electron chi connectivity index (χ0n) is 27.5. The lowest BCUT2D eigenvalue weighted by Crippen LogP contribution is -2.48. The number of aliphatic hydroxyl groups is 1. The number of alkyl halides is 3. The lowest BCUT2D eigenvalue weighted by atomic mass is 10.0. The highest BCUT2D eigenvalue weighted by Crippen LogP contribution is 2.29. The molecule has 3 amide bonds. The third kappa shape index (κ3) is 13.5. The van der Waals surface area contributed by atoms with Gasteiger partial charge in [0.1, 0.15) is 5.75 Å². The Kier molecular flexibility index (Phi) is 15.6. The maximum Gasteiger partial charge on any atom is 0.389 e. The molecule has 1 aromatic carbocycles. The number of carbonyl (C=O) groups excluding carboxylic acids is 3. The Morgan fingerprint density at radius 1 is 1.16 bits per heavy atom. The molecule has 10 nitrogen and oxygen atoms in total. The molecule has 4 atom stereocenters. The number of nitrogens with one attached hydrogen (secondary N) is 1. The average Bonchev–Trinajstić information content (AvgIpc) is 2.96. The van der Waals surface area contributed by atoms with E-state index < -0.39 is 36.9 Å². The van der Waals surface area contributed by atoms with Gasteiger partial charge in [-0.05, 0) is 78.4 Å². The molecule has 0 saturated heterocycles. The first-order chi connectivity index (χ1) is 21.1. The minimum Gasteiger partial charge on any atom is -0.490 e. The average molecular weight is 645 g/mol. The van der Waals surface area contributed by atoms with Crippen LogP contribution in [0, 0.1) is 5.92 Å². The van der Waals surface area contributed by atoms with Crippen molar-refractivity contribution in [2.75, 3.05) is 59.3 Å². The van der Waals surface area contributed by atoms with E-state index in [0.717, 1.165) is 25.8 Å². The predicted molar refractivity (Wildman–Crippen MR) is 166 cm³/mol. The number of ether oxygens (including phenoxy) is 2. The lowest BCUT2D eigenvalue weighted by Gasteiger charge is -2.36. The summed E-state index contributed by atoms with van der Waals surface area (Å²) in [7, 11) is 5.67. The number of hydrogen-bond acceptors (Lipinski definition) is 7. The van der Waals surface area contributed by atoms with E-state index in [0.29, 0.717) is 26.0 Å². The summed E-state index contributed by atoms with van der Waals surface area (Å²) in [5.74, 6) is -1.26. The molecular weight excluding hydrogens is 593 g/mol. The number of carbonyl (C=O) groups is 3. The second-order valence-electron chi connectivity index (χ2n) is 12.4. The van der Waals surface area contributed by atoms with Crippen molar-refractivity contribution in [3.63, 3.8) is 0 Å². The number of halogens is 3. The van der Waals surface area contributed by atoms with Crippen LogP contribution in [0.1, 0.15) is 76.1 Å². The first-order valence-electron chi connectivity index (χ1n) is 15.7. The summed E-state index contributed by atoms with van der Waals surface area (Å²) >= 11 is 0. The standard InChI is InChI=1S/C32H51F3N4O6/c1-22-19-39(23(2)21-40)31(43)26-18-25(36-29(41)14-15-32(33,34)35)12-13-27(26)45-24(3)10-7-8-17-44-28(22)20-38(6)30(42)11-9-16-37(4)5/h12-13,18,22-24,28,40H,7-11,14-17,19-21H2,1-6H3,(H,36,41)/t22-,23+,24+,28+/m0/s1. The summed E-state index contributed by atoms with van der Waals surface area (Å²) in [6, 6.07) is 3.82. The van der Waals surface area contributed by atoms with Crippen molar-refractivity contribution in [3.8, 4) is 5.75 Å². The van der Waals surface area contributed by atoms with Gasteiger partial charge in [-0.15, -0.1) is 0 Å². The van der Waals surface area contributed by atoms with Crippen LogP contribution in [-0.4, -0.2) is 116 Å². The van der Waals surface area contributed by atoms with Gasteiger partial charge in [0.15, 0.2) is 0 Å². The van der Waals surface area contributed by atoms with Crippen molar-refractivity contribution in [3.05, 3.63) is 23.8 Å². The SMILES string of the molecule is C[C@@H]1CCCCO[C@H](CN(C)C(=O)CCCN(C)C)[C@@H](C)CN([C@H](C)CO)C(=O)c2cc(NC(=O)CCC(F)(F)F)ccc2O1. The second-order valence-corrected chi connectivity index (χ2v) is 12.4. The normalized spacial score (nSPS) is 21.0. The van der Waals surface area contributed by atoms with Gasteiger partial charge in [0, 0.05) is 51.2 Å². The molecule has 1 heterocycles. The summed E-state index contributed by atoms with van der Waals surface area (Å²) in [5, 5.41) is 12.5. The topological polar surface area (TPSA) is 112 Å². The van der Waals surface area contributed by atoms with Crippen molar-refractivity contribution in [2.45, 2.75) is 90.1 Å². The van der Waals surface area contributed by atoms with Gasteiger partial charge in [-0.25, -0.2) is 0 Å². The number of aliphatic hydroxyl groups excluding tert-OH is 1. The smallest absolute Gasteiger partial charge is 0.389 e. The van der Waals surface area contributed by atoms with E-state index in [4.69, 9.17) is 9.47 Å². The summed E-state index contributed by atoms with van der Waals surface area (Å²) in [6.45, 7) is 6.99. The quantitative estimate of drug-likeness (QED) is 0.363. The number of benzene rings is 1. The first kappa shape index (κ1) is 38.3. The van der Waals surface area contributed by atoms with Gasteiger partial charge < -0.3 is 34.6 Å². The number of rotatable bonds is 11. The maximum absolute atomic E-state index is 14.1. The molecule has 0 radical (unpaired) electrons. The summed E-state index contributed by atoms with van der Waals surface area (Å²) in [5.41, 5.74) is 0.276. The Balaban J connectivity index is 2.37. The van der Waals surface area contributed by atoms with Gasteiger partial charge in [0.05, 0.1) is 36.8 Å². The van der Waals surface area contributed by atoms with Crippen molar-refractivity contribution < 1.29 is 42.1 Å². The maximum atomic E-state index is 14.1. The Hall–Kier alpha value is -2.90. The zero-order valence-corrected chi connectivity index (χ0v) is 27.5. The highest BCUT2D eigenvalue weighted by Gasteiger charge is 2.31. The van der Waals surface area contributed by atoms with Crippen LogP contribution in [0.2, 0.25) is 0 Å². The van der Waals surface area contributed by atoms with Crippen LogP contribution in [0.15, 0.2) is 18.2 Å². The molecule has 256 valence electrons. The Morgan fingerprint density at radius 3 is 2.51 bits per heavy atom. The Bertz CT molecular complexity index is 1100. The molecule has 0 bridgehead atoms. The van der Waals surface area contributed by atoms with E-state index in [-0.39, 0.29) is 54.2 Å². The molecule has 2 rings (SSSR count). The predicted octanol–water partition coefficient (Wildman–Crippen LogP) is 4.56. The van der Waals surface area contributed by atoms with E-state index in [1.807, 2.05) is 32.8 Å². The molecule has 0 unspecified atom stereocenters. The van der Waals surface area contributed by atoms with Crippen LogP contribution in [0.4, 0.5) is 18.9 Å². The van der Waals surface area contributed by atoms with Crippen LogP contribution >= 0.6 is 0 Å². The van der Waals surface area contributed by atoms with Crippen molar-refractivity contribution in [2.24, 2.45) is 5.92 Å². The van der Waals surface area contributed by atoms with E-state index >= 15 is 0 Å². The van der Waals surface area contributed by atoms with E-state index in [9.17, 15) is 32.7 Å². The van der Waals surface area contributed by atoms with Gasteiger partial charge in [-0.2, -0.15) is 13.2 Å². The molecule has 0 saturated carbocycles. The summed E-state index contributed by atoms with van der Waals surface area (Å²) in [4.78, 5) is 44.4. The largest absolute Gasteiger partial charge is 0.490 e. The molecule has 0 aliphatic carbocycles. The van der Waals surface area contributed by atoms with Gasteiger partial charge in [0.25, 0.3) is 5.91 Å². The molecular formula is C32H51F3N4O6. The molecule has 45 heavy (non-hydrogen) atoms. The Morgan fingerprint density at radius 2 is 1.87 bits per heavy atom. The molecule has 1 aromatic rings. The van der Waals surface area contributed by atoms with Gasteiger partial charge in [-0.1, -0.05) is 6.92 Å². The molecule has 0 aromatic heterocycles. The minimum atomic E-state index is -4.47. The zero-order chi connectivity index (χ0) is 33.7. The monoisotopic (exact) mass is 644 g/mol. The number of fused-ring (bicyclic) bond motifs is 1. The van der Waals surface area contributed by atoms with Gasteiger partial charge in [-0.3, -0.25) is 14.4 Å². The third-order valence-electron chi connectivity index (χ3n) is 7.85. The molecule has 1 aliphatic rings. The molecule has 0 fully saturated rings. The molecule has 13 heteroatoms. The fraction of sp³-hybridized carbons (Fsp3) is 0.719. The number of amides is 3. The van der Waals surface area contributed by atoms with Crippen LogP contribution < -0.4 is 10.1 Å². The summed E-state index contributed by atoms with van der Waals surface area (Å²) in [6.07, 6.45) is -3.75. The van der Waals surface area contributed by atoms with E-state index in [2.05, 4.69) is 5.32 Å². The van der Waals surface area contributed by atoms with E-state index in [1.54, 1.807) is 18.9 Å². The fourth-order valence-electron chi connectivity index (χ4n) is 5.05. The highest BCUT2D eigenvalue weighted by molar-refractivity contribution is 5.99. The van der Waals surface area contributed by atoms with Crippen LogP contribution in [0.3, 0.4) is 0 Å². The lowest BCUT2D eigenvalue weighted by molar-refractivity contribution is -0.142. The van der Waals surface area contributed by atoms with Crippen LogP contribution in [0.25, 0.3) is 0 Å². The van der Waals surface area contributed by atoms with Crippen molar-refractivity contribution in [1.29, 1.82) is 0 Å². The summed E-state index contributed by atoms with van der Waals surface area (Å²) < 4.78 is 50.4. The van der Waals surface area contributed by atoms with Gasteiger partial charge >= 0.3 is 6.18 Å². The van der Waals surface area contributed by atoms with E-state index in [1.165, 1.54) is 23.1 Å². The molecule has 2 N–H and O–H groups in total.